The molecule has 0 aromatic heterocycles. The van der Waals surface area contributed by atoms with E-state index in [1.54, 1.807) is 6.07 Å². The quantitative estimate of drug-likeness (QED) is 0.901. The summed E-state index contributed by atoms with van der Waals surface area (Å²) in [6.07, 6.45) is 0. The van der Waals surface area contributed by atoms with Crippen molar-refractivity contribution in [1.29, 1.82) is 0 Å². The van der Waals surface area contributed by atoms with Crippen LogP contribution in [0.25, 0.3) is 0 Å². The van der Waals surface area contributed by atoms with Gasteiger partial charge in [-0.15, -0.1) is 0 Å². The summed E-state index contributed by atoms with van der Waals surface area (Å²) in [4.78, 5) is 12.6. The normalized spacial score (nSPS) is 16.1. The van der Waals surface area contributed by atoms with Gasteiger partial charge in [-0.25, -0.2) is 12.8 Å². The summed E-state index contributed by atoms with van der Waals surface area (Å²) in [5.74, 6) is -1.06. The predicted molar refractivity (Wildman–Crippen MR) is 84.5 cm³/mol. The van der Waals surface area contributed by atoms with Crippen LogP contribution in [0.15, 0.2) is 41.3 Å². The zero-order chi connectivity index (χ0) is 16.8. The Kier molecular flexibility index (Phi) is 3.87. The average molecular weight is 355 g/mol. The molecule has 1 aliphatic rings. The molecule has 23 heavy (non-hydrogen) atoms. The first kappa shape index (κ1) is 15.9. The number of amides is 1. The highest BCUT2D eigenvalue weighted by molar-refractivity contribution is 7.89. The van der Waals surface area contributed by atoms with Crippen molar-refractivity contribution in [2.75, 3.05) is 12.4 Å². The summed E-state index contributed by atoms with van der Waals surface area (Å²) in [6, 6.07) is 8.35. The molecule has 1 heterocycles. The number of carbonyl (C=O) groups is 1. The predicted octanol–water partition coefficient (Wildman–Crippen LogP) is 2.87. The number of hydrogen-bond acceptors (Lipinski definition) is 3. The molecule has 0 spiro atoms. The summed E-state index contributed by atoms with van der Waals surface area (Å²) in [6.45, 7) is 0.130. The molecule has 0 bridgehead atoms. The van der Waals surface area contributed by atoms with Crippen molar-refractivity contribution < 1.29 is 17.6 Å². The maximum Gasteiger partial charge on any atom is 0.256 e. The largest absolute Gasteiger partial charge is 0.322 e. The third-order valence-electron chi connectivity index (χ3n) is 3.62. The van der Waals surface area contributed by atoms with Crippen LogP contribution in [0.1, 0.15) is 15.9 Å². The fraction of sp³-hybridized carbons (Fsp3) is 0.133. The molecule has 1 aliphatic heterocycles. The molecule has 2 aromatic rings. The molecule has 0 saturated carbocycles. The van der Waals surface area contributed by atoms with Crippen LogP contribution >= 0.6 is 11.6 Å². The zero-order valence-electron chi connectivity index (χ0n) is 12.0. The SMILES string of the molecule is CN1Cc2c(C(=O)Nc3ccc(F)c(Cl)c3)cccc2S1(=O)=O. The van der Waals surface area contributed by atoms with Crippen LogP contribution in [0.3, 0.4) is 0 Å². The van der Waals surface area contributed by atoms with Gasteiger partial charge >= 0.3 is 0 Å². The molecule has 0 unspecified atom stereocenters. The number of sulfonamides is 1. The summed E-state index contributed by atoms with van der Waals surface area (Å²) in [5.41, 5.74) is 1.03. The standard InChI is InChI=1S/C15H12ClFN2O3S/c1-19-8-11-10(3-2-4-14(11)23(19,21)22)15(20)18-9-5-6-13(17)12(16)7-9/h2-7H,8H2,1H3,(H,18,20). The van der Waals surface area contributed by atoms with Crippen LogP contribution in [-0.4, -0.2) is 25.7 Å². The van der Waals surface area contributed by atoms with Crippen LogP contribution in [0.4, 0.5) is 10.1 Å². The maximum atomic E-state index is 13.2. The lowest BCUT2D eigenvalue weighted by Gasteiger charge is -2.09. The Morgan fingerprint density at radius 3 is 2.74 bits per heavy atom. The molecule has 1 N–H and O–H groups in total. The van der Waals surface area contributed by atoms with Crippen LogP contribution < -0.4 is 5.32 Å². The highest BCUT2D eigenvalue weighted by Gasteiger charge is 2.34. The van der Waals surface area contributed by atoms with Crippen LogP contribution in [0.2, 0.25) is 5.02 Å². The van der Waals surface area contributed by atoms with Gasteiger partial charge in [-0.2, -0.15) is 4.31 Å². The minimum atomic E-state index is -3.54. The molecular formula is C15H12ClFN2O3S. The third-order valence-corrected chi connectivity index (χ3v) is 5.80. The summed E-state index contributed by atoms with van der Waals surface area (Å²) < 4.78 is 38.6. The van der Waals surface area contributed by atoms with Gasteiger partial charge in [0.25, 0.3) is 5.91 Å². The number of halogens is 2. The fourth-order valence-electron chi connectivity index (χ4n) is 2.43. The summed E-state index contributed by atoms with van der Waals surface area (Å²) in [5, 5.41) is 2.49. The van der Waals surface area contributed by atoms with Crippen molar-refractivity contribution in [3.05, 3.63) is 58.4 Å². The minimum Gasteiger partial charge on any atom is -0.322 e. The summed E-state index contributed by atoms with van der Waals surface area (Å²) in [7, 11) is -2.09. The van der Waals surface area contributed by atoms with Crippen molar-refractivity contribution in [2.45, 2.75) is 11.4 Å². The lowest BCUT2D eigenvalue weighted by molar-refractivity contribution is 0.102. The van der Waals surface area contributed by atoms with E-state index < -0.39 is 21.7 Å². The third kappa shape index (κ3) is 2.71. The molecule has 0 atom stereocenters. The van der Waals surface area contributed by atoms with Crippen LogP contribution in [-0.2, 0) is 16.6 Å². The van der Waals surface area contributed by atoms with Crippen molar-refractivity contribution in [1.82, 2.24) is 4.31 Å². The number of benzene rings is 2. The zero-order valence-corrected chi connectivity index (χ0v) is 13.6. The van der Waals surface area contributed by atoms with Gasteiger partial charge < -0.3 is 5.32 Å². The molecule has 120 valence electrons. The van der Waals surface area contributed by atoms with Gasteiger partial charge in [0.2, 0.25) is 10.0 Å². The molecule has 0 fully saturated rings. The van der Waals surface area contributed by atoms with Gasteiger partial charge in [-0.3, -0.25) is 4.79 Å². The molecule has 0 radical (unpaired) electrons. The average Bonchev–Trinajstić information content (AvgIpc) is 2.73. The van der Waals surface area contributed by atoms with Gasteiger partial charge in [0.1, 0.15) is 5.82 Å². The Labute approximate surface area is 137 Å². The first-order valence-corrected chi connectivity index (χ1v) is 8.47. The van der Waals surface area contributed by atoms with Crippen LogP contribution in [0.5, 0.6) is 0 Å². The molecular weight excluding hydrogens is 343 g/mol. The molecule has 0 saturated heterocycles. The van der Waals surface area contributed by atoms with Crippen molar-refractivity contribution in [2.24, 2.45) is 0 Å². The van der Waals surface area contributed by atoms with Gasteiger partial charge in [0, 0.05) is 30.4 Å². The lowest BCUT2D eigenvalue weighted by Crippen LogP contribution is -2.18. The number of anilines is 1. The van der Waals surface area contributed by atoms with E-state index in [9.17, 15) is 17.6 Å². The lowest BCUT2D eigenvalue weighted by atomic mass is 10.1. The molecule has 1 amide bonds. The van der Waals surface area contributed by atoms with Crippen molar-refractivity contribution >= 4 is 33.2 Å². The number of nitrogens with one attached hydrogen (secondary N) is 1. The first-order chi connectivity index (χ1) is 10.8. The Hall–Kier alpha value is -1.96. The number of carbonyl (C=O) groups excluding carboxylic acids is 1. The maximum absolute atomic E-state index is 13.2. The topological polar surface area (TPSA) is 66.5 Å². The minimum absolute atomic E-state index is 0.108. The highest BCUT2D eigenvalue weighted by Crippen LogP contribution is 2.31. The van der Waals surface area contributed by atoms with E-state index in [0.717, 1.165) is 6.07 Å². The van der Waals surface area contributed by atoms with Gasteiger partial charge in [-0.1, -0.05) is 17.7 Å². The Balaban J connectivity index is 1.96. The fourth-order valence-corrected chi connectivity index (χ4v) is 3.98. The molecule has 5 nitrogen and oxygen atoms in total. The Morgan fingerprint density at radius 2 is 2.04 bits per heavy atom. The van der Waals surface area contributed by atoms with E-state index in [0.29, 0.717) is 11.3 Å². The molecule has 8 heteroatoms. The van der Waals surface area contributed by atoms with E-state index in [1.165, 1.54) is 35.6 Å². The van der Waals surface area contributed by atoms with E-state index in [4.69, 9.17) is 11.6 Å². The van der Waals surface area contributed by atoms with Gasteiger partial charge in [0.05, 0.1) is 9.92 Å². The number of fused-ring (bicyclic) bond motifs is 1. The van der Waals surface area contributed by atoms with E-state index in [-0.39, 0.29) is 22.0 Å². The highest BCUT2D eigenvalue weighted by atomic mass is 35.5. The monoisotopic (exact) mass is 354 g/mol. The Bertz CT molecular complexity index is 915. The Morgan fingerprint density at radius 1 is 1.30 bits per heavy atom. The molecule has 3 rings (SSSR count). The smallest absolute Gasteiger partial charge is 0.256 e. The van der Waals surface area contributed by atoms with Gasteiger partial charge in [0.15, 0.2) is 0 Å². The number of rotatable bonds is 2. The van der Waals surface area contributed by atoms with E-state index in [1.807, 2.05) is 0 Å². The number of hydrogen-bond donors (Lipinski definition) is 1. The summed E-state index contributed by atoms with van der Waals surface area (Å²) >= 11 is 5.68. The second-order valence-corrected chi connectivity index (χ2v) is 7.55. The van der Waals surface area contributed by atoms with E-state index in [2.05, 4.69) is 5.32 Å². The number of nitrogens with zero attached hydrogens (tertiary/aromatic N) is 1. The second kappa shape index (κ2) is 5.59. The second-order valence-electron chi connectivity index (χ2n) is 5.13. The van der Waals surface area contributed by atoms with Crippen molar-refractivity contribution in [3.63, 3.8) is 0 Å². The van der Waals surface area contributed by atoms with Crippen molar-refractivity contribution in [3.8, 4) is 0 Å². The van der Waals surface area contributed by atoms with E-state index >= 15 is 0 Å². The van der Waals surface area contributed by atoms with Crippen LogP contribution in [0, 0.1) is 5.82 Å². The van der Waals surface area contributed by atoms with Gasteiger partial charge in [-0.05, 0) is 30.3 Å². The first-order valence-electron chi connectivity index (χ1n) is 6.65. The molecule has 2 aromatic carbocycles. The molecule has 0 aliphatic carbocycles.